The van der Waals surface area contributed by atoms with E-state index in [1.54, 1.807) is 0 Å². The van der Waals surface area contributed by atoms with Crippen LogP contribution in [0.15, 0.2) is 12.2 Å². The standard InChI is InChI=1S/C12H18O4/c1-11(2)7-5-6-8-12(11,9(13)15-3)10(14)16-4/h5,7H,6,8H2,1-4H3. The van der Waals surface area contributed by atoms with Crippen LogP contribution in [-0.4, -0.2) is 26.2 Å². The van der Waals surface area contributed by atoms with Crippen molar-refractivity contribution in [3.05, 3.63) is 12.2 Å². The molecule has 4 heteroatoms. The highest BCUT2D eigenvalue weighted by atomic mass is 16.5. The maximum Gasteiger partial charge on any atom is 0.324 e. The van der Waals surface area contributed by atoms with Gasteiger partial charge < -0.3 is 9.47 Å². The van der Waals surface area contributed by atoms with Gasteiger partial charge in [0.1, 0.15) is 0 Å². The molecule has 1 aliphatic rings. The summed E-state index contributed by atoms with van der Waals surface area (Å²) < 4.78 is 9.56. The van der Waals surface area contributed by atoms with Gasteiger partial charge in [-0.25, -0.2) is 0 Å². The molecular formula is C12H18O4. The zero-order valence-electron chi connectivity index (χ0n) is 10.2. The van der Waals surface area contributed by atoms with Gasteiger partial charge in [-0.3, -0.25) is 9.59 Å². The van der Waals surface area contributed by atoms with Gasteiger partial charge in [0.2, 0.25) is 0 Å². The van der Waals surface area contributed by atoms with Crippen molar-refractivity contribution in [2.24, 2.45) is 10.8 Å². The lowest BCUT2D eigenvalue weighted by Gasteiger charge is -2.42. The van der Waals surface area contributed by atoms with Crippen LogP contribution in [0.4, 0.5) is 0 Å². The Morgan fingerprint density at radius 2 is 1.62 bits per heavy atom. The van der Waals surface area contributed by atoms with Crippen LogP contribution in [0, 0.1) is 10.8 Å². The third kappa shape index (κ3) is 1.62. The van der Waals surface area contributed by atoms with Crippen molar-refractivity contribution in [2.45, 2.75) is 26.7 Å². The average Bonchev–Trinajstić information content (AvgIpc) is 2.26. The molecule has 0 heterocycles. The first-order valence-electron chi connectivity index (χ1n) is 5.27. The fraction of sp³-hybridized carbons (Fsp3) is 0.667. The fourth-order valence-corrected chi connectivity index (χ4v) is 2.30. The van der Waals surface area contributed by atoms with Gasteiger partial charge in [0.15, 0.2) is 5.41 Å². The van der Waals surface area contributed by atoms with Crippen LogP contribution in [0.3, 0.4) is 0 Å². The first-order chi connectivity index (χ1) is 7.42. The van der Waals surface area contributed by atoms with Crippen LogP contribution in [0.2, 0.25) is 0 Å². The number of hydrogen-bond acceptors (Lipinski definition) is 4. The zero-order chi connectivity index (χ0) is 12.4. The summed E-state index contributed by atoms with van der Waals surface area (Å²) in [7, 11) is 2.59. The summed E-state index contributed by atoms with van der Waals surface area (Å²) in [6.45, 7) is 3.69. The van der Waals surface area contributed by atoms with Crippen molar-refractivity contribution in [1.29, 1.82) is 0 Å². The summed E-state index contributed by atoms with van der Waals surface area (Å²) in [6, 6.07) is 0. The van der Waals surface area contributed by atoms with Crippen molar-refractivity contribution in [2.75, 3.05) is 14.2 Å². The number of hydrogen-bond donors (Lipinski definition) is 0. The van der Waals surface area contributed by atoms with Crippen molar-refractivity contribution in [3.63, 3.8) is 0 Å². The van der Waals surface area contributed by atoms with Crippen LogP contribution < -0.4 is 0 Å². The second kappa shape index (κ2) is 4.28. The van der Waals surface area contributed by atoms with E-state index in [1.807, 2.05) is 26.0 Å². The molecule has 0 saturated heterocycles. The highest BCUT2D eigenvalue weighted by molar-refractivity contribution is 6.01. The van der Waals surface area contributed by atoms with Crippen LogP contribution in [-0.2, 0) is 19.1 Å². The monoisotopic (exact) mass is 226 g/mol. The van der Waals surface area contributed by atoms with E-state index in [9.17, 15) is 9.59 Å². The fourth-order valence-electron chi connectivity index (χ4n) is 2.30. The molecule has 1 aliphatic carbocycles. The highest BCUT2D eigenvalue weighted by Gasteiger charge is 2.58. The molecule has 0 unspecified atom stereocenters. The Labute approximate surface area is 95.6 Å². The number of ether oxygens (including phenoxy) is 2. The molecule has 0 saturated carbocycles. The topological polar surface area (TPSA) is 52.6 Å². The lowest BCUT2D eigenvalue weighted by Crippen LogP contribution is -2.52. The molecule has 0 aromatic carbocycles. The number of carbonyl (C=O) groups is 2. The van der Waals surface area contributed by atoms with Crippen LogP contribution >= 0.6 is 0 Å². The minimum absolute atomic E-state index is 0.426. The predicted molar refractivity (Wildman–Crippen MR) is 58.6 cm³/mol. The van der Waals surface area contributed by atoms with Crippen LogP contribution in [0.5, 0.6) is 0 Å². The summed E-state index contributed by atoms with van der Waals surface area (Å²) in [4.78, 5) is 23.9. The predicted octanol–water partition coefficient (Wildman–Crippen LogP) is 1.69. The Morgan fingerprint density at radius 3 is 2.00 bits per heavy atom. The molecule has 16 heavy (non-hydrogen) atoms. The van der Waals surface area contributed by atoms with E-state index >= 15 is 0 Å². The van der Waals surface area contributed by atoms with Gasteiger partial charge in [-0.1, -0.05) is 26.0 Å². The molecule has 0 aromatic rings. The van der Waals surface area contributed by atoms with Gasteiger partial charge in [0.25, 0.3) is 0 Å². The SMILES string of the molecule is COC(=O)C1(C(=O)OC)CCC=CC1(C)C. The van der Waals surface area contributed by atoms with Crippen molar-refractivity contribution in [3.8, 4) is 0 Å². The maximum atomic E-state index is 11.9. The van der Waals surface area contributed by atoms with Crippen molar-refractivity contribution < 1.29 is 19.1 Å². The molecule has 0 aromatic heterocycles. The van der Waals surface area contributed by atoms with E-state index in [0.29, 0.717) is 12.8 Å². The van der Waals surface area contributed by atoms with E-state index in [4.69, 9.17) is 9.47 Å². The first-order valence-corrected chi connectivity index (χ1v) is 5.27. The first kappa shape index (κ1) is 12.7. The number of methoxy groups -OCH3 is 2. The number of carbonyl (C=O) groups excluding carboxylic acids is 2. The van der Waals surface area contributed by atoms with Crippen LogP contribution in [0.1, 0.15) is 26.7 Å². The third-order valence-corrected chi connectivity index (χ3v) is 3.39. The van der Waals surface area contributed by atoms with Gasteiger partial charge in [-0.05, 0) is 12.8 Å². The van der Waals surface area contributed by atoms with Gasteiger partial charge in [0, 0.05) is 5.41 Å². The molecule has 0 fully saturated rings. The minimum Gasteiger partial charge on any atom is -0.468 e. The number of esters is 2. The second-order valence-electron chi connectivity index (χ2n) is 4.55. The van der Waals surface area contributed by atoms with Crippen LogP contribution in [0.25, 0.3) is 0 Å². The molecule has 0 spiro atoms. The smallest absolute Gasteiger partial charge is 0.324 e. The normalized spacial score (nSPS) is 21.2. The summed E-state index contributed by atoms with van der Waals surface area (Å²) in [5, 5.41) is 0. The Bertz CT molecular complexity index is 312. The van der Waals surface area contributed by atoms with E-state index in [0.717, 1.165) is 0 Å². The quantitative estimate of drug-likeness (QED) is 0.408. The number of allylic oxidation sites excluding steroid dienone is 2. The molecule has 0 bridgehead atoms. The molecule has 0 amide bonds. The molecule has 1 rings (SSSR count). The average molecular weight is 226 g/mol. The van der Waals surface area contributed by atoms with E-state index in [-0.39, 0.29) is 0 Å². The summed E-state index contributed by atoms with van der Waals surface area (Å²) in [5.41, 5.74) is -1.81. The van der Waals surface area contributed by atoms with Gasteiger partial charge in [-0.15, -0.1) is 0 Å². The Kier molecular flexibility index (Phi) is 3.41. The Balaban J connectivity index is 3.29. The third-order valence-electron chi connectivity index (χ3n) is 3.39. The lowest BCUT2D eigenvalue weighted by molar-refractivity contribution is -0.177. The van der Waals surface area contributed by atoms with E-state index in [2.05, 4.69) is 0 Å². The largest absolute Gasteiger partial charge is 0.468 e. The lowest BCUT2D eigenvalue weighted by atomic mass is 9.60. The Morgan fingerprint density at radius 1 is 1.12 bits per heavy atom. The van der Waals surface area contributed by atoms with E-state index in [1.165, 1.54) is 14.2 Å². The summed E-state index contributed by atoms with van der Waals surface area (Å²) in [5.74, 6) is -1.04. The molecular weight excluding hydrogens is 208 g/mol. The number of rotatable bonds is 2. The van der Waals surface area contributed by atoms with Gasteiger partial charge in [0.05, 0.1) is 14.2 Å². The highest BCUT2D eigenvalue weighted by Crippen LogP contribution is 2.48. The molecule has 90 valence electrons. The van der Waals surface area contributed by atoms with Gasteiger partial charge in [-0.2, -0.15) is 0 Å². The summed E-state index contributed by atoms with van der Waals surface area (Å²) >= 11 is 0. The molecule has 0 radical (unpaired) electrons. The molecule has 0 aliphatic heterocycles. The molecule has 0 N–H and O–H groups in total. The van der Waals surface area contributed by atoms with Crippen molar-refractivity contribution in [1.82, 2.24) is 0 Å². The summed E-state index contributed by atoms with van der Waals surface area (Å²) in [6.07, 6.45) is 4.96. The molecule has 4 nitrogen and oxygen atoms in total. The minimum atomic E-state index is -1.22. The second-order valence-corrected chi connectivity index (χ2v) is 4.55. The Hall–Kier alpha value is -1.32. The van der Waals surface area contributed by atoms with Crippen molar-refractivity contribution >= 4 is 11.9 Å². The van der Waals surface area contributed by atoms with E-state index < -0.39 is 22.8 Å². The van der Waals surface area contributed by atoms with Gasteiger partial charge >= 0.3 is 11.9 Å². The maximum absolute atomic E-state index is 11.9. The zero-order valence-corrected chi connectivity index (χ0v) is 10.2. The molecule has 0 atom stereocenters.